The van der Waals surface area contributed by atoms with Gasteiger partial charge in [0.25, 0.3) is 0 Å². The van der Waals surface area contributed by atoms with E-state index in [2.05, 4.69) is 27.0 Å². The summed E-state index contributed by atoms with van der Waals surface area (Å²) in [4.78, 5) is 0. The molecule has 3 atom stereocenters. The quantitative estimate of drug-likeness (QED) is 0.667. The zero-order chi connectivity index (χ0) is 10.6. The minimum absolute atomic E-state index is 0.366. The molecule has 1 heteroatoms. The van der Waals surface area contributed by atoms with Gasteiger partial charge in [0.2, 0.25) is 0 Å². The monoisotopic (exact) mass is 192 g/mol. The Bertz CT molecular complexity index is 290. The molecule has 78 valence electrons. The van der Waals surface area contributed by atoms with Crippen LogP contribution >= 0.6 is 0 Å². The number of hydrogen-bond acceptors (Lipinski definition) is 1. The second-order valence-electron chi connectivity index (χ2n) is 5.56. The molecule has 3 saturated carbocycles. The highest BCUT2D eigenvalue weighted by Gasteiger charge is 2.58. The van der Waals surface area contributed by atoms with E-state index >= 15 is 0 Å². The third-order valence-corrected chi connectivity index (χ3v) is 4.55. The molecule has 3 aliphatic rings. The zero-order valence-electron chi connectivity index (χ0n) is 9.21. The molecular formula is C13H20O. The fraction of sp³-hybridized carbons (Fsp3) is 0.692. The number of aliphatic hydroxyl groups is 1. The van der Waals surface area contributed by atoms with Gasteiger partial charge in [-0.3, -0.25) is 0 Å². The summed E-state index contributed by atoms with van der Waals surface area (Å²) >= 11 is 0. The predicted molar refractivity (Wildman–Crippen MR) is 58.9 cm³/mol. The lowest BCUT2D eigenvalue weighted by Crippen LogP contribution is -2.58. The van der Waals surface area contributed by atoms with Gasteiger partial charge in [-0.05, 0) is 42.1 Å². The second-order valence-corrected chi connectivity index (χ2v) is 5.56. The molecule has 0 radical (unpaired) electrons. The maximum absolute atomic E-state index is 10.4. The fourth-order valence-electron chi connectivity index (χ4n) is 3.27. The molecule has 0 aromatic rings. The Morgan fingerprint density at radius 1 is 1.57 bits per heavy atom. The summed E-state index contributed by atoms with van der Waals surface area (Å²) in [6.07, 6.45) is 4.57. The molecule has 0 spiro atoms. The first kappa shape index (κ1) is 9.97. The van der Waals surface area contributed by atoms with Gasteiger partial charge in [-0.25, -0.2) is 0 Å². The molecule has 0 heterocycles. The first-order valence-electron chi connectivity index (χ1n) is 5.44. The van der Waals surface area contributed by atoms with E-state index in [0.29, 0.717) is 23.7 Å². The third-order valence-electron chi connectivity index (χ3n) is 4.55. The third kappa shape index (κ3) is 1.05. The van der Waals surface area contributed by atoms with E-state index in [9.17, 15) is 5.11 Å². The van der Waals surface area contributed by atoms with Crippen molar-refractivity contribution >= 4 is 0 Å². The summed E-state index contributed by atoms with van der Waals surface area (Å²) in [5, 5.41) is 10.4. The average Bonchev–Trinajstić information content (AvgIpc) is 2.09. The van der Waals surface area contributed by atoms with Crippen molar-refractivity contribution in [1.82, 2.24) is 0 Å². The molecule has 3 fully saturated rings. The van der Waals surface area contributed by atoms with Crippen LogP contribution in [0.3, 0.4) is 0 Å². The van der Waals surface area contributed by atoms with E-state index in [1.54, 1.807) is 0 Å². The predicted octanol–water partition coefficient (Wildman–Crippen LogP) is 2.92. The Balaban J connectivity index is 2.23. The van der Waals surface area contributed by atoms with Crippen molar-refractivity contribution in [3.8, 4) is 0 Å². The molecule has 0 aliphatic heterocycles. The van der Waals surface area contributed by atoms with Crippen LogP contribution in [-0.4, -0.2) is 10.7 Å². The van der Waals surface area contributed by atoms with Gasteiger partial charge >= 0.3 is 0 Å². The molecule has 0 aromatic heterocycles. The van der Waals surface area contributed by atoms with Crippen molar-refractivity contribution < 1.29 is 5.11 Å². The average molecular weight is 192 g/mol. The largest absolute Gasteiger partial charge is 0.385 e. The molecule has 0 aromatic carbocycles. The van der Waals surface area contributed by atoms with Crippen LogP contribution in [0.1, 0.15) is 33.1 Å². The van der Waals surface area contributed by atoms with E-state index in [-0.39, 0.29) is 0 Å². The lowest BCUT2D eigenvalue weighted by Gasteiger charge is -2.62. The van der Waals surface area contributed by atoms with Gasteiger partial charge in [0.1, 0.15) is 0 Å². The molecule has 3 rings (SSSR count). The van der Waals surface area contributed by atoms with E-state index in [1.807, 2.05) is 6.08 Å². The normalized spacial score (nSPS) is 44.4. The van der Waals surface area contributed by atoms with Gasteiger partial charge in [-0.2, -0.15) is 0 Å². The first-order valence-corrected chi connectivity index (χ1v) is 5.44. The standard InChI is InChI=1S/C13H20O/c1-5-6-13(14)8-10-7-11(9(13)2)12(10,3)4/h5,10-11,14H,1-2,6-8H2,3-4H3. The van der Waals surface area contributed by atoms with Crippen LogP contribution in [0.4, 0.5) is 0 Å². The highest BCUT2D eigenvalue weighted by atomic mass is 16.3. The van der Waals surface area contributed by atoms with Crippen molar-refractivity contribution in [2.24, 2.45) is 17.3 Å². The molecule has 0 saturated heterocycles. The van der Waals surface area contributed by atoms with Crippen molar-refractivity contribution in [2.45, 2.75) is 38.7 Å². The number of fused-ring (bicyclic) bond motifs is 2. The summed E-state index contributed by atoms with van der Waals surface area (Å²) in [6.45, 7) is 12.4. The van der Waals surface area contributed by atoms with Crippen molar-refractivity contribution in [2.75, 3.05) is 0 Å². The van der Waals surface area contributed by atoms with Crippen LogP contribution in [0.15, 0.2) is 24.8 Å². The minimum Gasteiger partial charge on any atom is -0.385 e. The molecule has 2 bridgehead atoms. The van der Waals surface area contributed by atoms with Crippen molar-refractivity contribution in [1.29, 1.82) is 0 Å². The van der Waals surface area contributed by atoms with E-state index in [0.717, 1.165) is 12.0 Å². The second kappa shape index (κ2) is 2.73. The van der Waals surface area contributed by atoms with Gasteiger partial charge < -0.3 is 5.11 Å². The summed E-state index contributed by atoms with van der Waals surface area (Å²) < 4.78 is 0. The van der Waals surface area contributed by atoms with Crippen LogP contribution in [0.2, 0.25) is 0 Å². The zero-order valence-corrected chi connectivity index (χ0v) is 9.21. The number of rotatable bonds is 2. The van der Waals surface area contributed by atoms with Crippen molar-refractivity contribution in [3.63, 3.8) is 0 Å². The highest BCUT2D eigenvalue weighted by Crippen LogP contribution is 2.64. The van der Waals surface area contributed by atoms with E-state index in [4.69, 9.17) is 0 Å². The van der Waals surface area contributed by atoms with Gasteiger partial charge in [-0.1, -0.05) is 26.5 Å². The SMILES string of the molecule is C=CCC1(O)CC2CC(C1=C)C2(C)C. The van der Waals surface area contributed by atoms with Gasteiger partial charge in [-0.15, -0.1) is 6.58 Å². The van der Waals surface area contributed by atoms with Crippen LogP contribution in [0, 0.1) is 17.3 Å². The summed E-state index contributed by atoms with van der Waals surface area (Å²) in [7, 11) is 0. The highest BCUT2D eigenvalue weighted by molar-refractivity contribution is 5.30. The van der Waals surface area contributed by atoms with Crippen molar-refractivity contribution in [3.05, 3.63) is 24.8 Å². The summed E-state index contributed by atoms with van der Waals surface area (Å²) in [5.74, 6) is 1.19. The van der Waals surface area contributed by atoms with Gasteiger partial charge in [0.15, 0.2) is 0 Å². The fourth-order valence-corrected chi connectivity index (χ4v) is 3.27. The first-order chi connectivity index (χ1) is 6.42. The van der Waals surface area contributed by atoms with Crippen LogP contribution in [0.25, 0.3) is 0 Å². The Hall–Kier alpha value is -0.560. The molecule has 3 unspecified atom stereocenters. The Morgan fingerprint density at radius 3 is 2.64 bits per heavy atom. The number of hydrogen-bond donors (Lipinski definition) is 1. The molecular weight excluding hydrogens is 172 g/mol. The van der Waals surface area contributed by atoms with Crippen LogP contribution in [0.5, 0.6) is 0 Å². The van der Waals surface area contributed by atoms with Gasteiger partial charge in [0, 0.05) is 0 Å². The summed E-state index contributed by atoms with van der Waals surface area (Å²) in [6, 6.07) is 0. The molecule has 1 N–H and O–H groups in total. The molecule has 3 aliphatic carbocycles. The summed E-state index contributed by atoms with van der Waals surface area (Å²) in [5.41, 5.74) is 0.764. The van der Waals surface area contributed by atoms with E-state index < -0.39 is 5.60 Å². The minimum atomic E-state index is -0.648. The lowest BCUT2D eigenvalue weighted by molar-refractivity contribution is -0.114. The molecule has 1 nitrogen and oxygen atoms in total. The van der Waals surface area contributed by atoms with Crippen LogP contribution in [-0.2, 0) is 0 Å². The van der Waals surface area contributed by atoms with Gasteiger partial charge in [0.05, 0.1) is 5.60 Å². The Morgan fingerprint density at radius 2 is 2.21 bits per heavy atom. The topological polar surface area (TPSA) is 20.2 Å². The Kier molecular flexibility index (Phi) is 1.94. The van der Waals surface area contributed by atoms with Crippen LogP contribution < -0.4 is 0 Å². The maximum Gasteiger partial charge on any atom is 0.0894 e. The lowest BCUT2D eigenvalue weighted by atomic mass is 9.44. The maximum atomic E-state index is 10.4. The molecule has 0 amide bonds. The smallest absolute Gasteiger partial charge is 0.0894 e. The van der Waals surface area contributed by atoms with E-state index in [1.165, 1.54) is 6.42 Å². The molecule has 14 heavy (non-hydrogen) atoms. The Labute approximate surface area is 86.5 Å².